The van der Waals surface area contributed by atoms with E-state index in [0.717, 1.165) is 0 Å². The van der Waals surface area contributed by atoms with Gasteiger partial charge < -0.3 is 9.47 Å². The molecular formula is C14H19F3O2. The van der Waals surface area contributed by atoms with Gasteiger partial charge in [0.05, 0.1) is 12.5 Å². The van der Waals surface area contributed by atoms with Crippen LogP contribution in [0.15, 0.2) is 24.3 Å². The monoisotopic (exact) mass is 276 g/mol. The van der Waals surface area contributed by atoms with Crippen molar-refractivity contribution in [3.05, 3.63) is 29.8 Å². The summed E-state index contributed by atoms with van der Waals surface area (Å²) in [4.78, 5) is 0. The van der Waals surface area contributed by atoms with Gasteiger partial charge in [0.1, 0.15) is 11.4 Å². The van der Waals surface area contributed by atoms with Gasteiger partial charge in [0, 0.05) is 12.7 Å². The molecule has 0 fully saturated rings. The second-order valence-electron chi connectivity index (χ2n) is 4.89. The second-order valence-corrected chi connectivity index (χ2v) is 4.89. The van der Waals surface area contributed by atoms with Crippen LogP contribution in [0.4, 0.5) is 13.2 Å². The van der Waals surface area contributed by atoms with E-state index < -0.39 is 18.2 Å². The van der Waals surface area contributed by atoms with Crippen LogP contribution >= 0.6 is 0 Å². The van der Waals surface area contributed by atoms with Crippen LogP contribution in [0.25, 0.3) is 0 Å². The van der Waals surface area contributed by atoms with Gasteiger partial charge in [0.15, 0.2) is 0 Å². The molecular weight excluding hydrogens is 257 g/mol. The van der Waals surface area contributed by atoms with Crippen LogP contribution in [0.2, 0.25) is 0 Å². The van der Waals surface area contributed by atoms with Gasteiger partial charge in [-0.25, -0.2) is 0 Å². The van der Waals surface area contributed by atoms with Gasteiger partial charge in [-0.15, -0.1) is 0 Å². The second kappa shape index (κ2) is 5.82. The Balaban J connectivity index is 3.17. The molecule has 0 saturated heterocycles. The molecule has 19 heavy (non-hydrogen) atoms. The van der Waals surface area contributed by atoms with E-state index >= 15 is 0 Å². The van der Waals surface area contributed by atoms with E-state index in [1.54, 1.807) is 24.3 Å². The molecule has 2 nitrogen and oxygen atoms in total. The van der Waals surface area contributed by atoms with Crippen molar-refractivity contribution in [3.63, 3.8) is 0 Å². The van der Waals surface area contributed by atoms with Crippen molar-refractivity contribution in [1.29, 1.82) is 0 Å². The van der Waals surface area contributed by atoms with E-state index in [1.165, 1.54) is 14.0 Å². The van der Waals surface area contributed by atoms with Crippen LogP contribution in [0.5, 0.6) is 5.75 Å². The van der Waals surface area contributed by atoms with Crippen LogP contribution in [-0.2, 0) is 10.3 Å². The Labute approximate surface area is 111 Å². The minimum Gasteiger partial charge on any atom is -0.491 e. The van der Waals surface area contributed by atoms with Crippen molar-refractivity contribution in [3.8, 4) is 5.75 Å². The SMILES string of the molecule is COC(C)(CC(F)(F)F)c1ccccc1OC(C)C. The predicted octanol–water partition coefficient (Wildman–Crippen LogP) is 4.29. The van der Waals surface area contributed by atoms with Crippen molar-refractivity contribution < 1.29 is 22.6 Å². The lowest BCUT2D eigenvalue weighted by atomic mass is 9.91. The van der Waals surface area contributed by atoms with Crippen LogP contribution in [-0.4, -0.2) is 19.4 Å². The molecule has 0 N–H and O–H groups in total. The summed E-state index contributed by atoms with van der Waals surface area (Å²) in [6.07, 6.45) is -5.49. The minimum absolute atomic E-state index is 0.117. The first-order valence-electron chi connectivity index (χ1n) is 6.06. The van der Waals surface area contributed by atoms with Crippen LogP contribution in [0, 0.1) is 0 Å². The molecule has 0 bridgehead atoms. The van der Waals surface area contributed by atoms with E-state index in [2.05, 4.69) is 0 Å². The van der Waals surface area contributed by atoms with Crippen molar-refractivity contribution in [2.75, 3.05) is 7.11 Å². The number of hydrogen-bond donors (Lipinski definition) is 0. The Bertz CT molecular complexity index is 415. The fraction of sp³-hybridized carbons (Fsp3) is 0.571. The molecule has 0 amide bonds. The molecule has 1 aromatic carbocycles. The molecule has 0 radical (unpaired) electrons. The van der Waals surface area contributed by atoms with Gasteiger partial charge in [-0.1, -0.05) is 18.2 Å². The van der Waals surface area contributed by atoms with Crippen LogP contribution in [0.1, 0.15) is 32.8 Å². The Kier molecular flexibility index (Phi) is 4.85. The maximum Gasteiger partial charge on any atom is 0.392 e. The summed E-state index contributed by atoms with van der Waals surface area (Å²) in [5, 5.41) is 0. The molecule has 0 aliphatic heterocycles. The molecule has 1 aromatic rings. The third kappa shape index (κ3) is 4.42. The fourth-order valence-corrected chi connectivity index (χ4v) is 1.92. The highest BCUT2D eigenvalue weighted by Crippen LogP contribution is 2.41. The van der Waals surface area contributed by atoms with E-state index in [0.29, 0.717) is 11.3 Å². The number of ether oxygens (including phenoxy) is 2. The maximum atomic E-state index is 12.7. The minimum atomic E-state index is -4.31. The number of halogens is 3. The lowest BCUT2D eigenvalue weighted by Crippen LogP contribution is -2.32. The highest BCUT2D eigenvalue weighted by molar-refractivity contribution is 5.38. The van der Waals surface area contributed by atoms with Crippen molar-refractivity contribution in [1.82, 2.24) is 0 Å². The topological polar surface area (TPSA) is 18.5 Å². The number of alkyl halides is 3. The van der Waals surface area contributed by atoms with E-state index in [9.17, 15) is 13.2 Å². The lowest BCUT2D eigenvalue weighted by Gasteiger charge is -2.31. The van der Waals surface area contributed by atoms with Gasteiger partial charge in [0.2, 0.25) is 0 Å². The van der Waals surface area contributed by atoms with Gasteiger partial charge in [-0.05, 0) is 26.8 Å². The summed E-state index contributed by atoms with van der Waals surface area (Å²) in [5.74, 6) is 0.422. The summed E-state index contributed by atoms with van der Waals surface area (Å²) in [5.41, 5.74) is -1.05. The molecule has 5 heteroatoms. The van der Waals surface area contributed by atoms with E-state index in [1.807, 2.05) is 13.8 Å². The molecule has 1 unspecified atom stereocenters. The lowest BCUT2D eigenvalue weighted by molar-refractivity contribution is -0.182. The van der Waals surface area contributed by atoms with Gasteiger partial charge in [0.25, 0.3) is 0 Å². The zero-order chi connectivity index (χ0) is 14.7. The average Bonchev–Trinajstić information content (AvgIpc) is 2.26. The number of benzene rings is 1. The zero-order valence-electron chi connectivity index (χ0n) is 11.5. The summed E-state index contributed by atoms with van der Waals surface area (Å²) in [7, 11) is 1.28. The quantitative estimate of drug-likeness (QED) is 0.798. The third-order valence-electron chi connectivity index (χ3n) is 2.81. The number of methoxy groups -OCH3 is 1. The van der Waals surface area contributed by atoms with E-state index in [4.69, 9.17) is 9.47 Å². The molecule has 0 aromatic heterocycles. The van der Waals surface area contributed by atoms with Crippen molar-refractivity contribution >= 4 is 0 Å². The summed E-state index contributed by atoms with van der Waals surface area (Å²) >= 11 is 0. The van der Waals surface area contributed by atoms with Crippen molar-refractivity contribution in [2.45, 2.75) is 45.1 Å². The Morgan fingerprint density at radius 1 is 1.16 bits per heavy atom. The third-order valence-corrected chi connectivity index (χ3v) is 2.81. The largest absolute Gasteiger partial charge is 0.491 e. The van der Waals surface area contributed by atoms with Crippen LogP contribution in [0.3, 0.4) is 0 Å². The maximum absolute atomic E-state index is 12.7. The molecule has 0 heterocycles. The number of rotatable bonds is 5. The Morgan fingerprint density at radius 2 is 1.74 bits per heavy atom. The molecule has 1 atom stereocenters. The summed E-state index contributed by atoms with van der Waals surface area (Å²) in [6, 6.07) is 6.66. The van der Waals surface area contributed by atoms with Crippen LogP contribution < -0.4 is 4.74 Å². The summed E-state index contributed by atoms with van der Waals surface area (Å²) in [6.45, 7) is 5.07. The first-order valence-corrected chi connectivity index (χ1v) is 6.06. The fourth-order valence-electron chi connectivity index (χ4n) is 1.92. The number of hydrogen-bond acceptors (Lipinski definition) is 2. The number of para-hydroxylation sites is 1. The normalized spacial score (nSPS) is 15.4. The average molecular weight is 276 g/mol. The summed E-state index contributed by atoms with van der Waals surface area (Å²) < 4.78 is 48.8. The molecule has 0 spiro atoms. The van der Waals surface area contributed by atoms with Gasteiger partial charge in [-0.3, -0.25) is 0 Å². The first-order chi connectivity index (χ1) is 8.68. The van der Waals surface area contributed by atoms with Gasteiger partial charge >= 0.3 is 6.18 Å². The highest BCUT2D eigenvalue weighted by Gasteiger charge is 2.42. The molecule has 108 valence electrons. The molecule has 0 aliphatic carbocycles. The van der Waals surface area contributed by atoms with Crippen molar-refractivity contribution in [2.24, 2.45) is 0 Å². The molecule has 1 rings (SSSR count). The van der Waals surface area contributed by atoms with E-state index in [-0.39, 0.29) is 6.10 Å². The zero-order valence-corrected chi connectivity index (χ0v) is 11.5. The highest BCUT2D eigenvalue weighted by atomic mass is 19.4. The predicted molar refractivity (Wildman–Crippen MR) is 67.2 cm³/mol. The molecule has 0 aliphatic rings. The standard InChI is InChI=1S/C14H19F3O2/c1-10(2)19-12-8-6-5-7-11(12)13(3,18-4)9-14(15,16)17/h5-8,10H,9H2,1-4H3. The Morgan fingerprint density at radius 3 is 2.21 bits per heavy atom. The van der Waals surface area contributed by atoms with Gasteiger partial charge in [-0.2, -0.15) is 13.2 Å². The first kappa shape index (κ1) is 15.8. The smallest absolute Gasteiger partial charge is 0.392 e. The Hall–Kier alpha value is -1.23. The molecule has 0 saturated carbocycles.